The van der Waals surface area contributed by atoms with Crippen LogP contribution >= 0.6 is 11.6 Å². The molecule has 94 valence electrons. The molecule has 0 saturated heterocycles. The van der Waals surface area contributed by atoms with Gasteiger partial charge in [-0.15, -0.1) is 0 Å². The molecule has 1 heterocycles. The Morgan fingerprint density at radius 3 is 3.00 bits per heavy atom. The summed E-state index contributed by atoms with van der Waals surface area (Å²) in [6, 6.07) is 5.46. The number of fused-ring (bicyclic) bond motifs is 1. The van der Waals surface area contributed by atoms with E-state index in [-0.39, 0.29) is 10.6 Å². The predicted molar refractivity (Wildman–Crippen MR) is 73.2 cm³/mol. The van der Waals surface area contributed by atoms with Gasteiger partial charge in [0.2, 0.25) is 5.70 Å². The Kier molecular flexibility index (Phi) is 3.67. The van der Waals surface area contributed by atoms with E-state index in [1.54, 1.807) is 18.3 Å². The van der Waals surface area contributed by atoms with E-state index in [4.69, 9.17) is 11.6 Å². The van der Waals surface area contributed by atoms with E-state index >= 15 is 0 Å². The number of aromatic amines is 1. The number of nitro groups is 1. The lowest BCUT2D eigenvalue weighted by atomic mass is 10.1. The van der Waals surface area contributed by atoms with Crippen molar-refractivity contribution in [1.29, 1.82) is 0 Å². The first-order valence-electron chi connectivity index (χ1n) is 5.73. The first-order chi connectivity index (χ1) is 8.61. The van der Waals surface area contributed by atoms with Crippen LogP contribution in [0.1, 0.15) is 25.3 Å². The molecule has 1 N–H and O–H groups in total. The lowest BCUT2D eigenvalue weighted by Gasteiger charge is -1.96. The smallest absolute Gasteiger partial charge is 0.246 e. The third-order valence-electron chi connectivity index (χ3n) is 2.74. The fourth-order valence-electron chi connectivity index (χ4n) is 1.89. The molecule has 18 heavy (non-hydrogen) atoms. The highest BCUT2D eigenvalue weighted by atomic mass is 35.5. The Hall–Kier alpha value is -1.81. The number of allylic oxidation sites excluding steroid dienone is 1. The van der Waals surface area contributed by atoms with E-state index < -0.39 is 0 Å². The number of H-pyrrole nitrogens is 1. The summed E-state index contributed by atoms with van der Waals surface area (Å²) in [6.45, 7) is 1.92. The minimum absolute atomic E-state index is 0.221. The lowest BCUT2D eigenvalue weighted by Crippen LogP contribution is -1.97. The standard InChI is InChI=1S/C13H13ClN2O2/c1-2-3-11(16(17)18)6-9-8-15-13-5-4-10(14)7-12(9)13/h4-8,15H,2-3H2,1H3/b11-6-. The van der Waals surface area contributed by atoms with Gasteiger partial charge in [0.05, 0.1) is 4.92 Å². The van der Waals surface area contributed by atoms with E-state index in [0.717, 1.165) is 22.9 Å². The number of benzene rings is 1. The summed E-state index contributed by atoms with van der Waals surface area (Å²) in [5, 5.41) is 12.4. The molecule has 0 atom stereocenters. The van der Waals surface area contributed by atoms with E-state index in [9.17, 15) is 10.1 Å². The SMILES string of the molecule is CCC/C(=C/c1c[nH]c2ccc(Cl)cc12)[N+](=O)[O-]. The number of nitrogens with one attached hydrogen (secondary N) is 1. The van der Waals surface area contributed by atoms with Gasteiger partial charge in [-0.3, -0.25) is 10.1 Å². The van der Waals surface area contributed by atoms with Crippen LogP contribution < -0.4 is 0 Å². The molecule has 0 unspecified atom stereocenters. The van der Waals surface area contributed by atoms with Crippen molar-refractivity contribution >= 4 is 28.6 Å². The summed E-state index contributed by atoms with van der Waals surface area (Å²) < 4.78 is 0. The molecule has 0 amide bonds. The van der Waals surface area contributed by atoms with Crippen molar-refractivity contribution in [1.82, 2.24) is 4.98 Å². The van der Waals surface area contributed by atoms with Crippen LogP contribution in [0.3, 0.4) is 0 Å². The fourth-order valence-corrected chi connectivity index (χ4v) is 2.06. The van der Waals surface area contributed by atoms with Crippen molar-refractivity contribution in [3.8, 4) is 0 Å². The van der Waals surface area contributed by atoms with Gasteiger partial charge >= 0.3 is 0 Å². The maximum atomic E-state index is 10.9. The van der Waals surface area contributed by atoms with Crippen LogP contribution in [0.5, 0.6) is 0 Å². The van der Waals surface area contributed by atoms with Crippen LogP contribution in [0.25, 0.3) is 17.0 Å². The third kappa shape index (κ3) is 2.54. The van der Waals surface area contributed by atoms with Gasteiger partial charge < -0.3 is 4.98 Å². The van der Waals surface area contributed by atoms with Crippen molar-refractivity contribution in [2.45, 2.75) is 19.8 Å². The van der Waals surface area contributed by atoms with Crippen molar-refractivity contribution in [3.63, 3.8) is 0 Å². The molecule has 0 radical (unpaired) electrons. The van der Waals surface area contributed by atoms with Crippen LogP contribution in [0, 0.1) is 10.1 Å². The van der Waals surface area contributed by atoms with Gasteiger partial charge in [0, 0.05) is 40.2 Å². The lowest BCUT2D eigenvalue weighted by molar-refractivity contribution is -0.426. The van der Waals surface area contributed by atoms with E-state index in [1.807, 2.05) is 19.1 Å². The average Bonchev–Trinajstić information content (AvgIpc) is 2.71. The number of aromatic nitrogens is 1. The van der Waals surface area contributed by atoms with Gasteiger partial charge in [0.25, 0.3) is 0 Å². The molecule has 2 aromatic rings. The Balaban J connectivity index is 2.50. The first kappa shape index (κ1) is 12.6. The second kappa shape index (κ2) is 5.23. The minimum Gasteiger partial charge on any atom is -0.361 e. The molecule has 4 nitrogen and oxygen atoms in total. The van der Waals surface area contributed by atoms with Gasteiger partial charge in [-0.05, 0) is 24.6 Å². The largest absolute Gasteiger partial charge is 0.361 e. The zero-order valence-corrected chi connectivity index (χ0v) is 10.7. The second-order valence-electron chi connectivity index (χ2n) is 4.08. The third-order valence-corrected chi connectivity index (χ3v) is 2.97. The normalized spacial score (nSPS) is 12.0. The topological polar surface area (TPSA) is 58.9 Å². The van der Waals surface area contributed by atoms with Gasteiger partial charge in [0.15, 0.2) is 0 Å². The van der Waals surface area contributed by atoms with Crippen LogP contribution in [-0.4, -0.2) is 9.91 Å². The van der Waals surface area contributed by atoms with Crippen LogP contribution in [0.15, 0.2) is 30.1 Å². The monoisotopic (exact) mass is 264 g/mol. The fraction of sp³-hybridized carbons (Fsp3) is 0.231. The molecule has 0 bridgehead atoms. The molecule has 0 aliphatic carbocycles. The summed E-state index contributed by atoms with van der Waals surface area (Å²) in [4.78, 5) is 13.7. The zero-order valence-electron chi connectivity index (χ0n) is 9.94. The molecule has 0 aliphatic heterocycles. The van der Waals surface area contributed by atoms with Crippen LogP contribution in [-0.2, 0) is 0 Å². The van der Waals surface area contributed by atoms with Crippen molar-refractivity contribution in [2.24, 2.45) is 0 Å². The summed E-state index contributed by atoms with van der Waals surface area (Å²) in [5.74, 6) is 0. The van der Waals surface area contributed by atoms with Crippen molar-refractivity contribution in [3.05, 3.63) is 50.8 Å². The average molecular weight is 265 g/mol. The van der Waals surface area contributed by atoms with Gasteiger partial charge in [0.1, 0.15) is 0 Å². The number of nitrogens with zero attached hydrogens (tertiary/aromatic N) is 1. The molecular weight excluding hydrogens is 252 g/mol. The summed E-state index contributed by atoms with van der Waals surface area (Å²) in [6.07, 6.45) is 4.58. The Morgan fingerprint density at radius 1 is 1.56 bits per heavy atom. The first-order valence-corrected chi connectivity index (χ1v) is 6.11. The second-order valence-corrected chi connectivity index (χ2v) is 4.51. The maximum Gasteiger partial charge on any atom is 0.246 e. The van der Waals surface area contributed by atoms with Crippen LogP contribution in [0.2, 0.25) is 5.02 Å². The molecule has 0 spiro atoms. The molecular formula is C13H13ClN2O2. The number of rotatable bonds is 4. The predicted octanol–water partition coefficient (Wildman–Crippen LogP) is 4.24. The van der Waals surface area contributed by atoms with Crippen LogP contribution in [0.4, 0.5) is 0 Å². The minimum atomic E-state index is -0.327. The van der Waals surface area contributed by atoms with Crippen molar-refractivity contribution < 1.29 is 4.92 Å². The highest BCUT2D eigenvalue weighted by molar-refractivity contribution is 6.31. The Morgan fingerprint density at radius 2 is 2.33 bits per heavy atom. The van der Waals surface area contributed by atoms with E-state index in [0.29, 0.717) is 11.4 Å². The highest BCUT2D eigenvalue weighted by Crippen LogP contribution is 2.25. The number of hydrogen-bond donors (Lipinski definition) is 1. The number of hydrogen-bond acceptors (Lipinski definition) is 2. The van der Waals surface area contributed by atoms with E-state index in [1.165, 1.54) is 0 Å². The molecule has 2 rings (SSSR count). The molecule has 0 fully saturated rings. The Bertz CT molecular complexity index is 616. The molecule has 0 aliphatic rings. The zero-order chi connectivity index (χ0) is 13.1. The number of halogens is 1. The Labute approximate surface area is 109 Å². The molecule has 0 saturated carbocycles. The quantitative estimate of drug-likeness (QED) is 0.663. The summed E-state index contributed by atoms with van der Waals surface area (Å²) in [5.41, 5.74) is 1.94. The summed E-state index contributed by atoms with van der Waals surface area (Å²) >= 11 is 5.94. The van der Waals surface area contributed by atoms with Crippen molar-refractivity contribution in [2.75, 3.05) is 0 Å². The molecule has 5 heteroatoms. The van der Waals surface area contributed by atoms with E-state index in [2.05, 4.69) is 4.98 Å². The molecule has 1 aromatic heterocycles. The van der Waals surface area contributed by atoms with Gasteiger partial charge in [-0.25, -0.2) is 0 Å². The highest BCUT2D eigenvalue weighted by Gasteiger charge is 2.11. The molecule has 1 aromatic carbocycles. The maximum absolute atomic E-state index is 10.9. The summed E-state index contributed by atoms with van der Waals surface area (Å²) in [7, 11) is 0. The van der Waals surface area contributed by atoms with Gasteiger partial charge in [-0.1, -0.05) is 18.5 Å². The van der Waals surface area contributed by atoms with Gasteiger partial charge in [-0.2, -0.15) is 0 Å².